The molecule has 5 rings (SSSR count). The molecule has 236 valence electrons. The molecule has 3 aromatic heterocycles. The highest BCUT2D eigenvalue weighted by Crippen LogP contribution is 2.37. The van der Waals surface area contributed by atoms with Gasteiger partial charge in [0.25, 0.3) is 0 Å². The highest BCUT2D eigenvalue weighted by Gasteiger charge is 2.31. The molecular weight excluding hydrogens is 607 g/mol. The normalized spacial score (nSPS) is 19.9. The van der Waals surface area contributed by atoms with Gasteiger partial charge in [-0.15, -0.1) is 0 Å². The van der Waals surface area contributed by atoms with Gasteiger partial charge in [0.15, 0.2) is 0 Å². The van der Waals surface area contributed by atoms with E-state index in [1.54, 1.807) is 29.0 Å². The fourth-order valence-corrected chi connectivity index (χ4v) is 5.84. The van der Waals surface area contributed by atoms with E-state index in [9.17, 15) is 22.8 Å². The maximum absolute atomic E-state index is 14.7. The number of fused-ring (bicyclic) bond motifs is 4. The number of allylic oxidation sites excluding steroid dienone is 5. The molecule has 13 heteroatoms. The Kier molecular flexibility index (Phi) is 9.71. The number of alkyl halides is 3. The number of nitrogens with one attached hydrogen (secondary N) is 1. The van der Waals surface area contributed by atoms with Crippen LogP contribution in [0.5, 0.6) is 0 Å². The fourth-order valence-electron chi connectivity index (χ4n) is 5.78. The minimum absolute atomic E-state index is 0.107. The number of hydrogen-bond acceptors (Lipinski definition) is 5. The lowest BCUT2D eigenvalue weighted by Gasteiger charge is -2.35. The Morgan fingerprint density at radius 3 is 2.71 bits per heavy atom. The summed E-state index contributed by atoms with van der Waals surface area (Å²) < 4.78 is 43.4. The van der Waals surface area contributed by atoms with Crippen LogP contribution >= 0.6 is 11.6 Å². The van der Waals surface area contributed by atoms with Crippen molar-refractivity contribution in [3.05, 3.63) is 89.2 Å². The van der Waals surface area contributed by atoms with Crippen LogP contribution in [0, 0.1) is 5.92 Å². The van der Waals surface area contributed by atoms with E-state index >= 15 is 0 Å². The van der Waals surface area contributed by atoms with Crippen molar-refractivity contribution in [3.63, 3.8) is 0 Å². The second kappa shape index (κ2) is 13.7. The van der Waals surface area contributed by atoms with Gasteiger partial charge in [0.1, 0.15) is 6.67 Å². The van der Waals surface area contributed by atoms with Gasteiger partial charge in [0.2, 0.25) is 11.8 Å². The number of aromatic nitrogens is 5. The molecule has 0 fully saturated rings. The van der Waals surface area contributed by atoms with Crippen LogP contribution < -0.4 is 5.32 Å². The maximum atomic E-state index is 14.7. The van der Waals surface area contributed by atoms with E-state index in [0.717, 1.165) is 17.5 Å². The van der Waals surface area contributed by atoms with Crippen LogP contribution in [0.3, 0.4) is 0 Å². The zero-order valence-electron chi connectivity index (χ0n) is 24.9. The summed E-state index contributed by atoms with van der Waals surface area (Å²) in [6.07, 6.45) is 12.1. The number of anilines is 1. The van der Waals surface area contributed by atoms with Crippen molar-refractivity contribution < 1.29 is 22.8 Å². The van der Waals surface area contributed by atoms with Gasteiger partial charge in [-0.05, 0) is 54.2 Å². The monoisotopic (exact) mass is 639 g/mol. The Labute approximate surface area is 263 Å². The standard InChI is InChI=1S/C32H33ClF3N7O2/c1-19-5-4-6-28(26-13-22(9-11-37-26)30-27(40-31(19)45)17-38-41(30)3)42-12-10-21(14-29(42)44)25(15-34)24(8-7-20(2)33)23-16-39-43(18-23)32(35)36/h7-9,11,13-14,16-19,28,32H,2,4-6,10,12,15H2,1,3H3,(H,40,45)/b8-7-,25-24-/t19-,28+/m1/s1. The molecule has 0 saturated carbocycles. The molecule has 3 aromatic rings. The quantitative estimate of drug-likeness (QED) is 0.288. The molecule has 0 saturated heterocycles. The van der Waals surface area contributed by atoms with Crippen LogP contribution in [-0.2, 0) is 16.6 Å². The van der Waals surface area contributed by atoms with Gasteiger partial charge in [-0.25, -0.2) is 9.07 Å². The first-order chi connectivity index (χ1) is 21.6. The number of hydrogen-bond donors (Lipinski definition) is 1. The van der Waals surface area contributed by atoms with E-state index in [-0.39, 0.29) is 46.0 Å². The average Bonchev–Trinajstić information content (AvgIpc) is 3.64. The Morgan fingerprint density at radius 2 is 2.02 bits per heavy atom. The lowest BCUT2D eigenvalue weighted by molar-refractivity contribution is -0.129. The number of nitrogens with zero attached hydrogens (tertiary/aromatic N) is 6. The van der Waals surface area contributed by atoms with Crippen LogP contribution in [0.25, 0.3) is 16.8 Å². The molecule has 0 aromatic carbocycles. The summed E-state index contributed by atoms with van der Waals surface area (Å²) in [6.45, 7) is 1.93. The average molecular weight is 640 g/mol. The first-order valence-electron chi connectivity index (χ1n) is 14.5. The summed E-state index contributed by atoms with van der Waals surface area (Å²) in [4.78, 5) is 33.1. The topological polar surface area (TPSA) is 97.9 Å². The summed E-state index contributed by atoms with van der Waals surface area (Å²) in [5.74, 6) is -0.702. The van der Waals surface area contributed by atoms with Crippen molar-refractivity contribution >= 4 is 34.7 Å². The van der Waals surface area contributed by atoms with Gasteiger partial charge >= 0.3 is 6.55 Å². The third-order valence-electron chi connectivity index (χ3n) is 8.12. The number of amides is 2. The zero-order chi connectivity index (χ0) is 32.2. The Hall–Kier alpha value is -4.45. The van der Waals surface area contributed by atoms with E-state index in [1.807, 2.05) is 19.1 Å². The van der Waals surface area contributed by atoms with Crippen molar-refractivity contribution in [2.45, 2.75) is 45.2 Å². The van der Waals surface area contributed by atoms with E-state index in [1.165, 1.54) is 24.4 Å². The summed E-state index contributed by atoms with van der Waals surface area (Å²) in [5.41, 5.74) is 3.94. The number of rotatable bonds is 7. The summed E-state index contributed by atoms with van der Waals surface area (Å²) in [5, 5.41) is 11.2. The van der Waals surface area contributed by atoms with E-state index in [2.05, 4.69) is 27.1 Å². The molecule has 2 bridgehead atoms. The number of pyridine rings is 1. The van der Waals surface area contributed by atoms with Crippen LogP contribution in [0.1, 0.15) is 56.5 Å². The van der Waals surface area contributed by atoms with Crippen LogP contribution in [-0.4, -0.2) is 54.5 Å². The van der Waals surface area contributed by atoms with Gasteiger partial charge in [0.05, 0.1) is 35.5 Å². The van der Waals surface area contributed by atoms with Gasteiger partial charge in [-0.2, -0.15) is 19.0 Å². The maximum Gasteiger partial charge on any atom is 0.333 e. The molecule has 2 amide bonds. The summed E-state index contributed by atoms with van der Waals surface area (Å²) in [6, 6.07) is 3.34. The van der Waals surface area contributed by atoms with Gasteiger partial charge in [0, 0.05) is 54.1 Å². The van der Waals surface area contributed by atoms with Crippen molar-refractivity contribution in [2.75, 3.05) is 18.5 Å². The predicted molar refractivity (Wildman–Crippen MR) is 166 cm³/mol. The molecule has 2 atom stereocenters. The number of halogens is 4. The predicted octanol–water partition coefficient (Wildman–Crippen LogP) is 6.76. The first kappa shape index (κ1) is 32.0. The molecule has 2 aliphatic rings. The molecule has 9 nitrogen and oxygen atoms in total. The third-order valence-corrected chi connectivity index (χ3v) is 8.25. The number of carbonyl (C=O) groups excluding carboxylic acids is 2. The van der Waals surface area contributed by atoms with Crippen molar-refractivity contribution in [3.8, 4) is 11.3 Å². The first-order valence-corrected chi connectivity index (χ1v) is 14.9. The number of carbonyl (C=O) groups is 2. The van der Waals surface area contributed by atoms with Crippen LogP contribution in [0.15, 0.2) is 77.9 Å². The Morgan fingerprint density at radius 1 is 1.22 bits per heavy atom. The van der Waals surface area contributed by atoms with E-state index in [0.29, 0.717) is 47.3 Å². The molecule has 0 unspecified atom stereocenters. The molecule has 0 aliphatic carbocycles. The highest BCUT2D eigenvalue weighted by molar-refractivity contribution is 6.30. The van der Waals surface area contributed by atoms with Crippen molar-refractivity contribution in [1.82, 2.24) is 29.4 Å². The van der Waals surface area contributed by atoms with Crippen molar-refractivity contribution in [2.24, 2.45) is 13.0 Å². The molecule has 45 heavy (non-hydrogen) atoms. The highest BCUT2D eigenvalue weighted by atomic mass is 35.5. The fraction of sp³-hybridized carbons (Fsp3) is 0.344. The van der Waals surface area contributed by atoms with Crippen LogP contribution in [0.4, 0.5) is 18.9 Å². The smallest absolute Gasteiger partial charge is 0.330 e. The molecule has 5 heterocycles. The molecule has 0 spiro atoms. The lowest BCUT2D eigenvalue weighted by Crippen LogP contribution is -2.38. The largest absolute Gasteiger partial charge is 0.333 e. The third kappa shape index (κ3) is 6.95. The van der Waals surface area contributed by atoms with E-state index < -0.39 is 19.3 Å². The second-order valence-corrected chi connectivity index (χ2v) is 11.6. The van der Waals surface area contributed by atoms with Gasteiger partial charge < -0.3 is 10.2 Å². The Balaban J connectivity index is 1.53. The van der Waals surface area contributed by atoms with Crippen LogP contribution in [0.2, 0.25) is 0 Å². The van der Waals surface area contributed by atoms with Crippen molar-refractivity contribution in [1.29, 1.82) is 0 Å². The second-order valence-electron chi connectivity index (χ2n) is 11.1. The van der Waals surface area contributed by atoms with Gasteiger partial charge in [-0.3, -0.25) is 19.3 Å². The lowest BCUT2D eigenvalue weighted by atomic mass is 9.90. The molecular formula is C32H33ClF3N7O2. The summed E-state index contributed by atoms with van der Waals surface area (Å²) in [7, 11) is 1.79. The van der Waals surface area contributed by atoms with E-state index in [4.69, 9.17) is 11.6 Å². The molecule has 2 aliphatic heterocycles. The molecule has 0 radical (unpaired) electrons. The molecule has 1 N–H and O–H groups in total. The number of aryl methyl sites for hydroxylation is 1. The summed E-state index contributed by atoms with van der Waals surface area (Å²) >= 11 is 5.92. The minimum atomic E-state index is -2.87. The Bertz CT molecular complexity index is 1710. The minimum Gasteiger partial charge on any atom is -0.330 e. The van der Waals surface area contributed by atoms with Gasteiger partial charge in [-0.1, -0.05) is 37.6 Å². The SMILES string of the molecule is C=C(Cl)/C=C\C(=C(/CF)C1=CC(=O)N([C@H]2CCC[C@@H](C)C(=O)Nc3cnn(C)c3-c3ccnc2c3)CC1)c1cnn(C(F)F)c1. The zero-order valence-corrected chi connectivity index (χ0v) is 25.6.